The molecule has 1 nitrogen and oxygen atoms in total. The SMILES string of the molecule is C=C/C=C(\C(C)=N)c1ccc(-c2c3ccccc3c(-c3cccc4c(C)cccc34)c3ccccc23)cc1. The lowest BCUT2D eigenvalue weighted by Crippen LogP contribution is -1.95. The van der Waals surface area contributed by atoms with Crippen LogP contribution < -0.4 is 0 Å². The first-order chi connectivity index (χ1) is 18.6. The summed E-state index contributed by atoms with van der Waals surface area (Å²) >= 11 is 0. The van der Waals surface area contributed by atoms with E-state index in [9.17, 15) is 0 Å². The number of rotatable bonds is 5. The summed E-state index contributed by atoms with van der Waals surface area (Å²) in [5, 5.41) is 15.7. The molecule has 6 rings (SSSR count). The lowest BCUT2D eigenvalue weighted by atomic mass is 9.84. The molecule has 1 heteroatoms. The van der Waals surface area contributed by atoms with E-state index >= 15 is 0 Å². The van der Waals surface area contributed by atoms with Gasteiger partial charge in [-0.1, -0.05) is 128 Å². The third kappa shape index (κ3) is 3.84. The van der Waals surface area contributed by atoms with E-state index < -0.39 is 0 Å². The van der Waals surface area contributed by atoms with Crippen molar-refractivity contribution in [2.24, 2.45) is 0 Å². The van der Waals surface area contributed by atoms with Crippen molar-refractivity contribution < 1.29 is 0 Å². The molecular formula is C37H29N. The van der Waals surface area contributed by atoms with Crippen LogP contribution in [-0.2, 0) is 0 Å². The van der Waals surface area contributed by atoms with Crippen LogP contribution >= 0.6 is 0 Å². The van der Waals surface area contributed by atoms with Crippen LogP contribution in [-0.4, -0.2) is 5.71 Å². The highest BCUT2D eigenvalue weighted by atomic mass is 14.4. The predicted octanol–water partition coefficient (Wildman–Crippen LogP) is 10.4. The summed E-state index contributed by atoms with van der Waals surface area (Å²) in [7, 11) is 0. The van der Waals surface area contributed by atoms with Crippen LogP contribution in [0, 0.1) is 12.3 Å². The van der Waals surface area contributed by atoms with Crippen molar-refractivity contribution in [2.45, 2.75) is 13.8 Å². The molecule has 0 aliphatic rings. The number of hydrogen-bond donors (Lipinski definition) is 1. The maximum atomic E-state index is 8.19. The molecule has 0 aromatic heterocycles. The number of nitrogens with one attached hydrogen (secondary N) is 1. The van der Waals surface area contributed by atoms with E-state index in [0.717, 1.165) is 11.1 Å². The first-order valence-electron chi connectivity index (χ1n) is 13.0. The molecule has 6 aromatic carbocycles. The molecule has 0 aliphatic carbocycles. The van der Waals surface area contributed by atoms with Gasteiger partial charge in [-0.2, -0.15) is 0 Å². The minimum Gasteiger partial charge on any atom is -0.305 e. The fourth-order valence-corrected chi connectivity index (χ4v) is 5.79. The molecule has 0 aliphatic heterocycles. The Morgan fingerprint density at radius 2 is 1.13 bits per heavy atom. The van der Waals surface area contributed by atoms with Gasteiger partial charge in [0.2, 0.25) is 0 Å². The Labute approximate surface area is 223 Å². The smallest absolute Gasteiger partial charge is 0.0361 e. The van der Waals surface area contributed by atoms with E-state index in [-0.39, 0.29) is 0 Å². The molecule has 0 bridgehead atoms. The fourth-order valence-electron chi connectivity index (χ4n) is 5.79. The molecule has 1 N–H and O–H groups in total. The third-order valence-corrected chi connectivity index (χ3v) is 7.51. The van der Waals surface area contributed by atoms with Crippen molar-refractivity contribution in [3.63, 3.8) is 0 Å². The van der Waals surface area contributed by atoms with Crippen molar-refractivity contribution in [1.29, 1.82) is 5.41 Å². The number of aryl methyl sites for hydroxylation is 1. The Balaban J connectivity index is 1.67. The Bertz CT molecular complexity index is 1850. The van der Waals surface area contributed by atoms with Gasteiger partial charge in [0.15, 0.2) is 0 Å². The van der Waals surface area contributed by atoms with Gasteiger partial charge in [0.25, 0.3) is 0 Å². The van der Waals surface area contributed by atoms with Crippen LogP contribution in [0.1, 0.15) is 18.1 Å². The van der Waals surface area contributed by atoms with Gasteiger partial charge in [0.05, 0.1) is 0 Å². The lowest BCUT2D eigenvalue weighted by molar-refractivity contribution is 1.49. The van der Waals surface area contributed by atoms with E-state index in [1.807, 2.05) is 13.0 Å². The second-order valence-electron chi connectivity index (χ2n) is 9.84. The summed E-state index contributed by atoms with van der Waals surface area (Å²) in [6.07, 6.45) is 3.65. The summed E-state index contributed by atoms with van der Waals surface area (Å²) in [5.74, 6) is 0. The van der Waals surface area contributed by atoms with E-state index in [1.165, 1.54) is 60.1 Å². The minimum atomic E-state index is 0.531. The van der Waals surface area contributed by atoms with Gasteiger partial charge in [-0.05, 0) is 79.5 Å². The Morgan fingerprint density at radius 3 is 1.71 bits per heavy atom. The van der Waals surface area contributed by atoms with Crippen LogP contribution in [0.25, 0.3) is 60.1 Å². The van der Waals surface area contributed by atoms with Crippen LogP contribution in [0.5, 0.6) is 0 Å². The standard InChI is InChI=1S/C37H29N/c1-4-11-29(25(3)38)26-20-22-27(23-21-26)36-32-13-5-7-15-34(32)37(35-16-8-6-14-33(35)36)31-19-10-17-28-24(2)12-9-18-30(28)31/h4-23,38H,1H2,2-3H3/b29-11+,38-25?. The molecule has 0 heterocycles. The molecule has 0 fully saturated rings. The van der Waals surface area contributed by atoms with E-state index in [0.29, 0.717) is 5.71 Å². The average Bonchev–Trinajstić information content (AvgIpc) is 2.95. The van der Waals surface area contributed by atoms with E-state index in [4.69, 9.17) is 5.41 Å². The Morgan fingerprint density at radius 1 is 0.605 bits per heavy atom. The Hall–Kier alpha value is -4.75. The molecule has 182 valence electrons. The highest BCUT2D eigenvalue weighted by Gasteiger charge is 2.18. The second kappa shape index (κ2) is 9.61. The molecule has 0 radical (unpaired) electrons. The summed E-state index contributed by atoms with van der Waals surface area (Å²) < 4.78 is 0. The number of hydrogen-bond acceptors (Lipinski definition) is 1. The van der Waals surface area contributed by atoms with E-state index in [1.54, 1.807) is 6.08 Å². The van der Waals surface area contributed by atoms with Gasteiger partial charge in [-0.15, -0.1) is 0 Å². The molecule has 6 aromatic rings. The number of fused-ring (bicyclic) bond motifs is 3. The Kier molecular flexibility index (Phi) is 5.98. The summed E-state index contributed by atoms with van der Waals surface area (Å²) in [4.78, 5) is 0. The molecule has 0 saturated carbocycles. The number of benzene rings is 6. The van der Waals surface area contributed by atoms with Crippen LogP contribution in [0.15, 0.2) is 128 Å². The average molecular weight is 488 g/mol. The molecular weight excluding hydrogens is 458 g/mol. The first-order valence-corrected chi connectivity index (χ1v) is 13.0. The maximum Gasteiger partial charge on any atom is 0.0361 e. The topological polar surface area (TPSA) is 23.9 Å². The van der Waals surface area contributed by atoms with E-state index in [2.05, 4.69) is 123 Å². The summed E-state index contributed by atoms with van der Waals surface area (Å²) in [6.45, 7) is 7.83. The minimum absolute atomic E-state index is 0.531. The van der Waals surface area contributed by atoms with Gasteiger partial charge in [0, 0.05) is 11.3 Å². The van der Waals surface area contributed by atoms with Gasteiger partial charge in [-0.3, -0.25) is 0 Å². The fraction of sp³-hybridized carbons (Fsp3) is 0.0541. The van der Waals surface area contributed by atoms with Crippen LogP contribution in [0.3, 0.4) is 0 Å². The highest BCUT2D eigenvalue weighted by molar-refractivity contribution is 6.24. The van der Waals surface area contributed by atoms with Crippen molar-refractivity contribution in [2.75, 3.05) is 0 Å². The van der Waals surface area contributed by atoms with Crippen molar-refractivity contribution >= 4 is 43.6 Å². The summed E-state index contributed by atoms with van der Waals surface area (Å²) in [6, 6.07) is 39.4. The van der Waals surface area contributed by atoms with Crippen molar-refractivity contribution in [3.8, 4) is 22.3 Å². The van der Waals surface area contributed by atoms with Gasteiger partial charge >= 0.3 is 0 Å². The largest absolute Gasteiger partial charge is 0.305 e. The molecule has 0 saturated heterocycles. The maximum absolute atomic E-state index is 8.19. The van der Waals surface area contributed by atoms with Gasteiger partial charge in [-0.25, -0.2) is 0 Å². The third-order valence-electron chi connectivity index (χ3n) is 7.51. The zero-order valence-electron chi connectivity index (χ0n) is 21.8. The normalized spacial score (nSPS) is 11.8. The highest BCUT2D eigenvalue weighted by Crippen LogP contribution is 2.45. The monoisotopic (exact) mass is 487 g/mol. The predicted molar refractivity (Wildman–Crippen MR) is 166 cm³/mol. The first kappa shape index (κ1) is 23.6. The molecule has 38 heavy (non-hydrogen) atoms. The lowest BCUT2D eigenvalue weighted by Gasteiger charge is -2.19. The molecule has 0 unspecified atom stereocenters. The van der Waals surface area contributed by atoms with Crippen molar-refractivity contribution in [1.82, 2.24) is 0 Å². The second-order valence-corrected chi connectivity index (χ2v) is 9.84. The zero-order chi connectivity index (χ0) is 26.2. The van der Waals surface area contributed by atoms with Gasteiger partial charge < -0.3 is 5.41 Å². The van der Waals surface area contributed by atoms with Crippen molar-refractivity contribution in [3.05, 3.63) is 139 Å². The van der Waals surface area contributed by atoms with Gasteiger partial charge in [0.1, 0.15) is 0 Å². The van der Waals surface area contributed by atoms with Crippen LogP contribution in [0.2, 0.25) is 0 Å². The quantitative estimate of drug-likeness (QED) is 0.142. The zero-order valence-corrected chi connectivity index (χ0v) is 21.8. The molecule has 0 amide bonds. The molecule has 0 atom stereocenters. The summed E-state index contributed by atoms with van der Waals surface area (Å²) in [5.41, 5.74) is 8.69. The molecule has 0 spiro atoms. The number of allylic oxidation sites excluding steroid dienone is 3. The van der Waals surface area contributed by atoms with Crippen LogP contribution in [0.4, 0.5) is 0 Å².